The van der Waals surface area contributed by atoms with Crippen LogP contribution in [0.15, 0.2) is 36.4 Å². The van der Waals surface area contributed by atoms with E-state index in [0.717, 1.165) is 12.2 Å². The molecule has 2 aromatic carbocycles. The molecule has 1 unspecified atom stereocenters. The molecule has 0 spiro atoms. The number of nitrogen functional groups attached to an aromatic ring is 1. The third kappa shape index (κ3) is 1.80. The van der Waals surface area contributed by atoms with Gasteiger partial charge >= 0.3 is 0 Å². The van der Waals surface area contributed by atoms with Gasteiger partial charge in [0.2, 0.25) is 0 Å². The summed E-state index contributed by atoms with van der Waals surface area (Å²) in [6.45, 7) is 0.728. The Morgan fingerprint density at radius 3 is 2.33 bits per heavy atom. The van der Waals surface area contributed by atoms with E-state index < -0.39 is 0 Å². The third-order valence-electron chi connectivity index (χ3n) is 4.07. The number of anilines is 1. The van der Waals surface area contributed by atoms with Gasteiger partial charge in [0.25, 0.3) is 0 Å². The summed E-state index contributed by atoms with van der Waals surface area (Å²) in [6, 6.07) is 10.4. The van der Waals surface area contributed by atoms with E-state index in [1.807, 2.05) is 6.07 Å². The molecule has 104 valence electrons. The van der Waals surface area contributed by atoms with E-state index in [-0.39, 0.29) is 17.7 Å². The van der Waals surface area contributed by atoms with Gasteiger partial charge in [0.1, 0.15) is 0 Å². The normalized spacial score (nSPS) is 19.1. The second-order valence-corrected chi connectivity index (χ2v) is 5.42. The summed E-state index contributed by atoms with van der Waals surface area (Å²) in [7, 11) is 0. The molecule has 2 aliphatic rings. The summed E-state index contributed by atoms with van der Waals surface area (Å²) in [6.07, 6.45) is 0.870. The highest BCUT2D eigenvalue weighted by molar-refractivity contribution is 6.30. The predicted octanol–water partition coefficient (Wildman–Crippen LogP) is 1.99. The second-order valence-electron chi connectivity index (χ2n) is 5.42. The highest BCUT2D eigenvalue weighted by atomic mass is 16.6. The summed E-state index contributed by atoms with van der Waals surface area (Å²) < 4.78 is 5.21. The van der Waals surface area contributed by atoms with E-state index in [2.05, 4.69) is 0 Å². The Bertz CT molecular complexity index is 791. The molecule has 1 heterocycles. The van der Waals surface area contributed by atoms with E-state index >= 15 is 0 Å². The van der Waals surface area contributed by atoms with Crippen LogP contribution in [0.25, 0.3) is 0 Å². The Morgan fingerprint density at radius 1 is 1.00 bits per heavy atom. The number of epoxide rings is 1. The van der Waals surface area contributed by atoms with Crippen LogP contribution in [0, 0.1) is 0 Å². The standard InChI is InChI=1S/C17H13NO3/c18-15-9(7-10-8-21-10)5-6-13-14(15)17(20)12-4-2-1-3-11(12)16(13)19/h1-6,10H,7-8,18H2. The SMILES string of the molecule is Nc1c(CC2CO2)ccc2c1C(=O)c1ccccc1C2=O. The molecule has 0 saturated carbocycles. The number of carbonyl (C=O) groups is 2. The summed E-state index contributed by atoms with van der Waals surface area (Å²) >= 11 is 0. The number of hydrogen-bond donors (Lipinski definition) is 1. The maximum Gasteiger partial charge on any atom is 0.196 e. The smallest absolute Gasteiger partial charge is 0.196 e. The molecule has 4 rings (SSSR count). The number of ether oxygens (including phenoxy) is 1. The molecule has 4 nitrogen and oxygen atoms in total. The van der Waals surface area contributed by atoms with Crippen LogP contribution in [0.2, 0.25) is 0 Å². The van der Waals surface area contributed by atoms with Crippen LogP contribution >= 0.6 is 0 Å². The fourth-order valence-electron chi connectivity index (χ4n) is 2.86. The van der Waals surface area contributed by atoms with Gasteiger partial charge in [-0.25, -0.2) is 0 Å². The monoisotopic (exact) mass is 279 g/mol. The minimum atomic E-state index is -0.170. The van der Waals surface area contributed by atoms with Crippen molar-refractivity contribution in [3.8, 4) is 0 Å². The Kier molecular flexibility index (Phi) is 2.50. The van der Waals surface area contributed by atoms with Gasteiger partial charge < -0.3 is 10.5 Å². The maximum atomic E-state index is 12.7. The van der Waals surface area contributed by atoms with Crippen LogP contribution in [0.5, 0.6) is 0 Å². The van der Waals surface area contributed by atoms with Crippen LogP contribution in [0.3, 0.4) is 0 Å². The fraction of sp³-hybridized carbons (Fsp3) is 0.176. The molecule has 1 saturated heterocycles. The van der Waals surface area contributed by atoms with Crippen LogP contribution in [0.4, 0.5) is 5.69 Å². The lowest BCUT2D eigenvalue weighted by molar-refractivity contribution is 0.0979. The number of ketones is 2. The molecule has 1 aliphatic heterocycles. The van der Waals surface area contributed by atoms with Crippen LogP contribution in [-0.4, -0.2) is 24.3 Å². The first-order valence-corrected chi connectivity index (χ1v) is 6.88. The van der Waals surface area contributed by atoms with Crippen LogP contribution in [-0.2, 0) is 11.2 Å². The zero-order valence-corrected chi connectivity index (χ0v) is 11.3. The number of hydrogen-bond acceptors (Lipinski definition) is 4. The molecule has 0 radical (unpaired) electrons. The molecule has 4 heteroatoms. The van der Waals surface area contributed by atoms with Crippen molar-refractivity contribution in [3.05, 3.63) is 64.2 Å². The first-order valence-electron chi connectivity index (χ1n) is 6.88. The van der Waals surface area contributed by atoms with E-state index in [1.54, 1.807) is 30.3 Å². The van der Waals surface area contributed by atoms with Crippen LogP contribution < -0.4 is 5.73 Å². The third-order valence-corrected chi connectivity index (χ3v) is 4.07. The largest absolute Gasteiger partial charge is 0.398 e. The Labute approximate surface area is 121 Å². The van der Waals surface area contributed by atoms with Gasteiger partial charge in [-0.05, 0) is 11.6 Å². The van der Waals surface area contributed by atoms with Crippen molar-refractivity contribution in [3.63, 3.8) is 0 Å². The first kappa shape index (κ1) is 12.3. The highest BCUT2D eigenvalue weighted by Gasteiger charge is 2.33. The molecule has 0 aromatic heterocycles. The molecule has 2 aromatic rings. The van der Waals surface area contributed by atoms with Crippen molar-refractivity contribution in [2.75, 3.05) is 12.3 Å². The van der Waals surface area contributed by atoms with Crippen molar-refractivity contribution in [1.29, 1.82) is 0 Å². The van der Waals surface area contributed by atoms with Gasteiger partial charge in [-0.2, -0.15) is 0 Å². The van der Waals surface area contributed by atoms with Crippen LogP contribution in [0.1, 0.15) is 37.4 Å². The van der Waals surface area contributed by atoms with Gasteiger partial charge in [0, 0.05) is 28.8 Å². The maximum absolute atomic E-state index is 12.7. The zero-order valence-electron chi connectivity index (χ0n) is 11.3. The lowest BCUT2D eigenvalue weighted by atomic mass is 9.82. The van der Waals surface area contributed by atoms with Crippen molar-refractivity contribution >= 4 is 17.3 Å². The van der Waals surface area contributed by atoms with E-state index in [9.17, 15) is 9.59 Å². The number of fused-ring (bicyclic) bond motifs is 2. The minimum absolute atomic E-state index is 0.138. The fourth-order valence-corrected chi connectivity index (χ4v) is 2.86. The molecule has 1 atom stereocenters. The van der Waals surface area contributed by atoms with Gasteiger partial charge in [0.05, 0.1) is 18.3 Å². The summed E-state index contributed by atoms with van der Waals surface area (Å²) in [4.78, 5) is 25.2. The van der Waals surface area contributed by atoms with E-state index in [4.69, 9.17) is 10.5 Å². The van der Waals surface area contributed by atoms with Gasteiger partial charge in [-0.15, -0.1) is 0 Å². The molecule has 0 bridgehead atoms. The second kappa shape index (κ2) is 4.27. The molecular weight excluding hydrogens is 266 g/mol. The predicted molar refractivity (Wildman–Crippen MR) is 77.6 cm³/mol. The number of carbonyl (C=O) groups excluding carboxylic acids is 2. The Morgan fingerprint density at radius 2 is 1.67 bits per heavy atom. The minimum Gasteiger partial charge on any atom is -0.398 e. The topological polar surface area (TPSA) is 72.7 Å². The lowest BCUT2D eigenvalue weighted by Crippen LogP contribution is -2.23. The van der Waals surface area contributed by atoms with Gasteiger partial charge in [-0.1, -0.05) is 30.3 Å². The summed E-state index contributed by atoms with van der Waals surface area (Å²) in [5.74, 6) is -0.308. The zero-order chi connectivity index (χ0) is 14.6. The number of nitrogens with two attached hydrogens (primary N) is 1. The molecular formula is C17H13NO3. The summed E-state index contributed by atoms with van der Waals surface area (Å²) in [5.41, 5.74) is 9.07. The highest BCUT2D eigenvalue weighted by Crippen LogP contribution is 2.33. The number of rotatable bonds is 2. The lowest BCUT2D eigenvalue weighted by Gasteiger charge is -2.20. The first-order chi connectivity index (χ1) is 10.2. The molecule has 0 amide bonds. The van der Waals surface area contributed by atoms with E-state index in [1.165, 1.54) is 0 Å². The summed E-state index contributed by atoms with van der Waals surface area (Å²) in [5, 5.41) is 0. The van der Waals surface area contributed by atoms with Crippen molar-refractivity contribution in [2.45, 2.75) is 12.5 Å². The van der Waals surface area contributed by atoms with Crippen molar-refractivity contribution in [1.82, 2.24) is 0 Å². The van der Waals surface area contributed by atoms with Gasteiger partial charge in [0.15, 0.2) is 11.6 Å². The average molecular weight is 279 g/mol. The average Bonchev–Trinajstić information content (AvgIpc) is 3.31. The molecule has 21 heavy (non-hydrogen) atoms. The molecule has 1 fully saturated rings. The van der Waals surface area contributed by atoms with Crippen molar-refractivity contribution in [2.24, 2.45) is 0 Å². The molecule has 1 aliphatic carbocycles. The van der Waals surface area contributed by atoms with E-state index in [0.29, 0.717) is 34.4 Å². The van der Waals surface area contributed by atoms with Gasteiger partial charge in [-0.3, -0.25) is 9.59 Å². The Hall–Kier alpha value is -2.46. The Balaban J connectivity index is 1.90. The van der Waals surface area contributed by atoms with Crippen molar-refractivity contribution < 1.29 is 14.3 Å². The molecule has 2 N–H and O–H groups in total. The number of benzene rings is 2. The quantitative estimate of drug-likeness (QED) is 0.575.